The van der Waals surface area contributed by atoms with Crippen molar-refractivity contribution in [3.8, 4) is 22.6 Å². The lowest BCUT2D eigenvalue weighted by Gasteiger charge is -2.13. The van der Waals surface area contributed by atoms with Gasteiger partial charge in [0.05, 0.1) is 32.7 Å². The minimum absolute atomic E-state index is 0.250. The zero-order chi connectivity index (χ0) is 13.8. The Kier molecular flexibility index (Phi) is 3.97. The fourth-order valence-electron chi connectivity index (χ4n) is 1.87. The molecule has 1 heterocycles. The first-order chi connectivity index (χ1) is 9.21. The fraction of sp³-hybridized carbons (Fsp3) is 0.214. The van der Waals surface area contributed by atoms with Crippen LogP contribution in [-0.4, -0.2) is 24.3 Å². The summed E-state index contributed by atoms with van der Waals surface area (Å²) in [6.07, 6.45) is 1.08. The van der Waals surface area contributed by atoms with Crippen molar-refractivity contribution in [3.05, 3.63) is 42.0 Å². The first-order valence-electron chi connectivity index (χ1n) is 5.68. The maximum absolute atomic E-state index is 13.9. The summed E-state index contributed by atoms with van der Waals surface area (Å²) in [6, 6.07) is 6.69. The van der Waals surface area contributed by atoms with E-state index in [0.717, 1.165) is 6.20 Å². The zero-order valence-corrected chi connectivity index (χ0v) is 10.7. The van der Waals surface area contributed by atoms with Crippen LogP contribution in [0.15, 0.2) is 30.5 Å². The molecule has 0 radical (unpaired) electrons. The van der Waals surface area contributed by atoms with E-state index in [0.29, 0.717) is 28.3 Å². The Morgan fingerprint density at radius 2 is 2.00 bits per heavy atom. The zero-order valence-electron chi connectivity index (χ0n) is 10.7. The summed E-state index contributed by atoms with van der Waals surface area (Å²) in [7, 11) is 3.01. The molecule has 2 aromatic rings. The van der Waals surface area contributed by atoms with Gasteiger partial charge in [0.15, 0.2) is 11.5 Å². The number of benzene rings is 1. The Bertz CT molecular complexity index is 587. The Hall–Kier alpha value is -2.14. The van der Waals surface area contributed by atoms with Gasteiger partial charge in [0.2, 0.25) is 0 Å². The first kappa shape index (κ1) is 13.3. The molecule has 0 aliphatic carbocycles. The standard InChI is InChI=1S/C14H14FNO3/c1-18-13-5-3-4-10(14(13)19-2)11-6-9(8-17)16-7-12(11)15/h3-7,17H,8H2,1-2H3. The van der Waals surface area contributed by atoms with Gasteiger partial charge in [-0.1, -0.05) is 12.1 Å². The van der Waals surface area contributed by atoms with Crippen molar-refractivity contribution >= 4 is 0 Å². The highest BCUT2D eigenvalue weighted by molar-refractivity contribution is 5.74. The molecule has 0 unspecified atom stereocenters. The van der Waals surface area contributed by atoms with Crippen molar-refractivity contribution in [3.63, 3.8) is 0 Å². The average Bonchev–Trinajstić information content (AvgIpc) is 2.46. The minimum Gasteiger partial charge on any atom is -0.493 e. The molecule has 0 atom stereocenters. The highest BCUT2D eigenvalue weighted by Crippen LogP contribution is 2.38. The lowest BCUT2D eigenvalue weighted by atomic mass is 10.0. The summed E-state index contributed by atoms with van der Waals surface area (Å²) in [4.78, 5) is 3.78. The van der Waals surface area contributed by atoms with E-state index in [1.54, 1.807) is 18.2 Å². The van der Waals surface area contributed by atoms with Crippen molar-refractivity contribution in [1.29, 1.82) is 0 Å². The predicted molar refractivity (Wildman–Crippen MR) is 68.7 cm³/mol. The quantitative estimate of drug-likeness (QED) is 0.920. The Labute approximate surface area is 110 Å². The number of hydrogen-bond donors (Lipinski definition) is 1. The molecule has 0 spiro atoms. The average molecular weight is 263 g/mol. The summed E-state index contributed by atoms with van der Waals surface area (Å²) in [5.41, 5.74) is 1.26. The molecule has 0 bridgehead atoms. The molecule has 4 nitrogen and oxygen atoms in total. The maximum Gasteiger partial charge on any atom is 0.168 e. The summed E-state index contributed by atoms with van der Waals surface area (Å²) in [6.45, 7) is -0.250. The third-order valence-electron chi connectivity index (χ3n) is 2.77. The summed E-state index contributed by atoms with van der Waals surface area (Å²) in [5.74, 6) is 0.476. The maximum atomic E-state index is 13.9. The van der Waals surface area contributed by atoms with Crippen LogP contribution in [0, 0.1) is 5.82 Å². The number of halogens is 1. The van der Waals surface area contributed by atoms with E-state index < -0.39 is 5.82 Å². The summed E-state index contributed by atoms with van der Waals surface area (Å²) < 4.78 is 24.4. The van der Waals surface area contributed by atoms with Crippen LogP contribution < -0.4 is 9.47 Å². The van der Waals surface area contributed by atoms with E-state index in [4.69, 9.17) is 14.6 Å². The molecule has 0 aliphatic rings. The van der Waals surface area contributed by atoms with Gasteiger partial charge >= 0.3 is 0 Å². The van der Waals surface area contributed by atoms with Crippen molar-refractivity contribution < 1.29 is 19.0 Å². The van der Waals surface area contributed by atoms with Crippen LogP contribution in [0.25, 0.3) is 11.1 Å². The lowest BCUT2D eigenvalue weighted by molar-refractivity contribution is 0.276. The monoisotopic (exact) mass is 263 g/mol. The third kappa shape index (κ3) is 2.51. The molecule has 1 N–H and O–H groups in total. The second-order valence-corrected chi connectivity index (χ2v) is 3.85. The van der Waals surface area contributed by atoms with Crippen LogP contribution >= 0.6 is 0 Å². The minimum atomic E-state index is -0.483. The van der Waals surface area contributed by atoms with E-state index >= 15 is 0 Å². The van der Waals surface area contributed by atoms with Gasteiger partial charge in [-0.25, -0.2) is 4.39 Å². The van der Waals surface area contributed by atoms with Gasteiger partial charge < -0.3 is 14.6 Å². The van der Waals surface area contributed by atoms with E-state index in [9.17, 15) is 4.39 Å². The first-order valence-corrected chi connectivity index (χ1v) is 5.68. The number of ether oxygens (including phenoxy) is 2. The Morgan fingerprint density at radius 3 is 2.63 bits per heavy atom. The van der Waals surface area contributed by atoms with E-state index in [-0.39, 0.29) is 6.61 Å². The van der Waals surface area contributed by atoms with Crippen LogP contribution in [0.2, 0.25) is 0 Å². The van der Waals surface area contributed by atoms with Crippen molar-refractivity contribution in [2.45, 2.75) is 6.61 Å². The number of methoxy groups -OCH3 is 2. The van der Waals surface area contributed by atoms with Gasteiger partial charge in [-0.2, -0.15) is 0 Å². The predicted octanol–water partition coefficient (Wildman–Crippen LogP) is 2.40. The number of pyridine rings is 1. The molecule has 0 fully saturated rings. The van der Waals surface area contributed by atoms with Crippen LogP contribution in [0.5, 0.6) is 11.5 Å². The van der Waals surface area contributed by atoms with Gasteiger partial charge in [-0.3, -0.25) is 4.98 Å². The largest absolute Gasteiger partial charge is 0.493 e. The molecular formula is C14H14FNO3. The van der Waals surface area contributed by atoms with E-state index in [1.165, 1.54) is 20.3 Å². The number of hydrogen-bond acceptors (Lipinski definition) is 4. The second-order valence-electron chi connectivity index (χ2n) is 3.85. The normalized spacial score (nSPS) is 10.3. The number of rotatable bonds is 4. The summed E-state index contributed by atoms with van der Waals surface area (Å²) >= 11 is 0. The molecule has 0 saturated heterocycles. The smallest absolute Gasteiger partial charge is 0.168 e. The third-order valence-corrected chi connectivity index (χ3v) is 2.77. The molecule has 2 rings (SSSR count). The molecule has 1 aromatic heterocycles. The van der Waals surface area contributed by atoms with Gasteiger partial charge in [0.1, 0.15) is 5.82 Å². The Balaban J connectivity index is 2.64. The molecule has 5 heteroatoms. The highest BCUT2D eigenvalue weighted by atomic mass is 19.1. The van der Waals surface area contributed by atoms with Crippen molar-refractivity contribution in [2.24, 2.45) is 0 Å². The van der Waals surface area contributed by atoms with E-state index in [2.05, 4.69) is 4.98 Å². The van der Waals surface area contributed by atoms with Crippen molar-refractivity contribution in [1.82, 2.24) is 4.98 Å². The number of nitrogens with zero attached hydrogens (tertiary/aromatic N) is 1. The molecule has 0 aliphatic heterocycles. The number of aliphatic hydroxyl groups is 1. The molecule has 19 heavy (non-hydrogen) atoms. The van der Waals surface area contributed by atoms with Gasteiger partial charge in [-0.05, 0) is 12.1 Å². The molecule has 0 saturated carbocycles. The second kappa shape index (κ2) is 5.67. The lowest BCUT2D eigenvalue weighted by Crippen LogP contribution is -1.97. The number of aliphatic hydroxyl groups excluding tert-OH is 1. The van der Waals surface area contributed by atoms with Crippen LogP contribution in [0.3, 0.4) is 0 Å². The van der Waals surface area contributed by atoms with Gasteiger partial charge in [0.25, 0.3) is 0 Å². The number of para-hydroxylation sites is 1. The molecule has 1 aromatic carbocycles. The van der Waals surface area contributed by atoms with Crippen LogP contribution in [0.4, 0.5) is 4.39 Å². The highest BCUT2D eigenvalue weighted by Gasteiger charge is 2.15. The topological polar surface area (TPSA) is 51.6 Å². The van der Waals surface area contributed by atoms with Crippen LogP contribution in [-0.2, 0) is 6.61 Å². The summed E-state index contributed by atoms with van der Waals surface area (Å²) in [5, 5.41) is 9.09. The van der Waals surface area contributed by atoms with E-state index in [1.807, 2.05) is 0 Å². The number of aromatic nitrogens is 1. The SMILES string of the molecule is COc1cccc(-c2cc(CO)ncc2F)c1OC. The van der Waals surface area contributed by atoms with Crippen LogP contribution in [0.1, 0.15) is 5.69 Å². The molecule has 0 amide bonds. The molecular weight excluding hydrogens is 249 g/mol. The Morgan fingerprint density at radius 1 is 1.21 bits per heavy atom. The van der Waals surface area contributed by atoms with Crippen molar-refractivity contribution in [2.75, 3.05) is 14.2 Å². The fourth-order valence-corrected chi connectivity index (χ4v) is 1.87. The molecule has 100 valence electrons. The van der Waals surface area contributed by atoms with Gasteiger partial charge in [0, 0.05) is 11.1 Å². The van der Waals surface area contributed by atoms with Gasteiger partial charge in [-0.15, -0.1) is 0 Å².